The monoisotopic (exact) mass is 296 g/mol. The first kappa shape index (κ1) is 17.7. The number of nitrogens with one attached hydrogen (secondary N) is 2. The molecule has 0 saturated heterocycles. The molecule has 0 spiro atoms. The molecule has 6 nitrogen and oxygen atoms in total. The van der Waals surface area contributed by atoms with Crippen molar-refractivity contribution in [2.24, 2.45) is 0 Å². The molecule has 1 rings (SSSR count). The smallest absolute Gasteiger partial charge is 0.158 e. The Balaban J connectivity index is 2.70. The van der Waals surface area contributed by atoms with Gasteiger partial charge in [0.1, 0.15) is 18.2 Å². The van der Waals surface area contributed by atoms with Crippen LogP contribution >= 0.6 is 0 Å². The zero-order valence-corrected chi connectivity index (χ0v) is 13.6. The molecule has 0 aromatic carbocycles. The Morgan fingerprint density at radius 1 is 1.10 bits per heavy atom. The second kappa shape index (κ2) is 10.3. The van der Waals surface area contributed by atoms with Crippen molar-refractivity contribution >= 4 is 11.6 Å². The van der Waals surface area contributed by atoms with Crippen LogP contribution in [0.25, 0.3) is 0 Å². The predicted molar refractivity (Wildman–Crippen MR) is 85.7 cm³/mol. The molecule has 2 N–H and O–H groups in total. The SMILES string of the molecule is CCCNc1cc(NCC(C)OCC)nc(COCC)n1. The highest BCUT2D eigenvalue weighted by Gasteiger charge is 2.06. The van der Waals surface area contributed by atoms with Crippen molar-refractivity contribution in [2.45, 2.75) is 46.8 Å². The second-order valence-electron chi connectivity index (χ2n) is 4.77. The van der Waals surface area contributed by atoms with Crippen LogP contribution in [0.15, 0.2) is 6.07 Å². The van der Waals surface area contributed by atoms with Crippen LogP contribution in [0, 0.1) is 0 Å². The van der Waals surface area contributed by atoms with Gasteiger partial charge >= 0.3 is 0 Å². The Morgan fingerprint density at radius 2 is 1.81 bits per heavy atom. The molecule has 0 aliphatic rings. The molecule has 1 unspecified atom stereocenters. The fraction of sp³-hybridized carbons (Fsp3) is 0.733. The molecular formula is C15H28N4O2. The zero-order valence-electron chi connectivity index (χ0n) is 13.6. The first-order valence-corrected chi connectivity index (χ1v) is 7.74. The van der Waals surface area contributed by atoms with Gasteiger partial charge in [-0.25, -0.2) is 9.97 Å². The third kappa shape index (κ3) is 7.24. The molecule has 0 fully saturated rings. The zero-order chi connectivity index (χ0) is 15.5. The number of nitrogens with zero attached hydrogens (tertiary/aromatic N) is 2. The van der Waals surface area contributed by atoms with Crippen LogP contribution in [0.1, 0.15) is 39.9 Å². The van der Waals surface area contributed by atoms with Gasteiger partial charge in [0.05, 0.1) is 6.10 Å². The summed E-state index contributed by atoms with van der Waals surface area (Å²) in [5.41, 5.74) is 0. The first-order chi connectivity index (χ1) is 10.2. The molecule has 0 bridgehead atoms. The van der Waals surface area contributed by atoms with Gasteiger partial charge in [-0.15, -0.1) is 0 Å². The van der Waals surface area contributed by atoms with E-state index in [0.717, 1.165) is 24.6 Å². The lowest BCUT2D eigenvalue weighted by Gasteiger charge is -2.14. The van der Waals surface area contributed by atoms with Crippen LogP contribution < -0.4 is 10.6 Å². The van der Waals surface area contributed by atoms with E-state index in [9.17, 15) is 0 Å². The summed E-state index contributed by atoms with van der Waals surface area (Å²) in [5.74, 6) is 2.31. The first-order valence-electron chi connectivity index (χ1n) is 7.74. The maximum Gasteiger partial charge on any atom is 0.158 e. The lowest BCUT2D eigenvalue weighted by atomic mass is 10.4. The van der Waals surface area contributed by atoms with E-state index in [1.807, 2.05) is 26.8 Å². The summed E-state index contributed by atoms with van der Waals surface area (Å²) in [4.78, 5) is 8.92. The standard InChI is InChI=1S/C15H28N4O2/c1-5-8-16-13-9-14(17-10-12(4)21-7-3)19-15(18-13)11-20-6-2/h9,12H,5-8,10-11H2,1-4H3,(H2,16,17,18,19). The molecular weight excluding hydrogens is 268 g/mol. The number of anilines is 2. The van der Waals surface area contributed by atoms with Crippen molar-refractivity contribution in [1.29, 1.82) is 0 Å². The van der Waals surface area contributed by atoms with Crippen LogP contribution in [0.2, 0.25) is 0 Å². The molecule has 1 heterocycles. The second-order valence-corrected chi connectivity index (χ2v) is 4.77. The van der Waals surface area contributed by atoms with Gasteiger partial charge in [0.15, 0.2) is 5.82 Å². The normalized spacial score (nSPS) is 12.2. The van der Waals surface area contributed by atoms with Crippen LogP contribution in [-0.2, 0) is 16.1 Å². The highest BCUT2D eigenvalue weighted by molar-refractivity contribution is 5.47. The third-order valence-corrected chi connectivity index (χ3v) is 2.79. The molecule has 1 atom stereocenters. The van der Waals surface area contributed by atoms with E-state index in [1.165, 1.54) is 0 Å². The van der Waals surface area contributed by atoms with Crippen LogP contribution in [0.4, 0.5) is 11.6 Å². The van der Waals surface area contributed by atoms with Crippen molar-refractivity contribution in [3.8, 4) is 0 Å². The highest BCUT2D eigenvalue weighted by atomic mass is 16.5. The Kier molecular flexibility index (Phi) is 8.69. The Morgan fingerprint density at radius 3 is 2.43 bits per heavy atom. The molecule has 0 aliphatic heterocycles. The van der Waals surface area contributed by atoms with Gasteiger partial charge in [-0.2, -0.15) is 0 Å². The summed E-state index contributed by atoms with van der Waals surface area (Å²) in [6.07, 6.45) is 1.20. The van der Waals surface area contributed by atoms with Gasteiger partial charge in [0, 0.05) is 32.4 Å². The van der Waals surface area contributed by atoms with Crippen molar-refractivity contribution in [1.82, 2.24) is 9.97 Å². The van der Waals surface area contributed by atoms with E-state index in [2.05, 4.69) is 27.5 Å². The lowest BCUT2D eigenvalue weighted by Crippen LogP contribution is -2.21. The highest BCUT2D eigenvalue weighted by Crippen LogP contribution is 2.12. The van der Waals surface area contributed by atoms with E-state index in [1.54, 1.807) is 0 Å². The van der Waals surface area contributed by atoms with Crippen molar-refractivity contribution in [3.63, 3.8) is 0 Å². The van der Waals surface area contributed by atoms with Gasteiger partial charge in [0.2, 0.25) is 0 Å². The van der Waals surface area contributed by atoms with Crippen molar-refractivity contribution < 1.29 is 9.47 Å². The molecule has 6 heteroatoms. The third-order valence-electron chi connectivity index (χ3n) is 2.79. The number of hydrogen-bond acceptors (Lipinski definition) is 6. The average Bonchev–Trinajstić information content (AvgIpc) is 2.49. The largest absolute Gasteiger partial charge is 0.377 e. The van der Waals surface area contributed by atoms with Crippen molar-refractivity contribution in [3.05, 3.63) is 11.9 Å². The topological polar surface area (TPSA) is 68.3 Å². The minimum atomic E-state index is 0.146. The molecule has 21 heavy (non-hydrogen) atoms. The van der Waals surface area contributed by atoms with Crippen molar-refractivity contribution in [2.75, 3.05) is 36.9 Å². The summed E-state index contributed by atoms with van der Waals surface area (Å²) in [6.45, 7) is 11.5. The van der Waals surface area contributed by atoms with Crippen LogP contribution in [0.3, 0.4) is 0 Å². The lowest BCUT2D eigenvalue weighted by molar-refractivity contribution is 0.0854. The van der Waals surface area contributed by atoms with Crippen LogP contribution in [0.5, 0.6) is 0 Å². The van der Waals surface area contributed by atoms with Gasteiger partial charge in [-0.3, -0.25) is 0 Å². The molecule has 0 amide bonds. The molecule has 0 radical (unpaired) electrons. The number of rotatable bonds is 11. The maximum absolute atomic E-state index is 5.51. The number of hydrogen-bond donors (Lipinski definition) is 2. The molecule has 0 saturated carbocycles. The maximum atomic E-state index is 5.51. The summed E-state index contributed by atoms with van der Waals surface area (Å²) < 4.78 is 10.9. The summed E-state index contributed by atoms with van der Waals surface area (Å²) in [5, 5.41) is 6.58. The van der Waals surface area contributed by atoms with Gasteiger partial charge in [-0.05, 0) is 27.2 Å². The minimum Gasteiger partial charge on any atom is -0.377 e. The van der Waals surface area contributed by atoms with E-state index in [-0.39, 0.29) is 6.10 Å². The fourth-order valence-corrected chi connectivity index (χ4v) is 1.78. The molecule has 120 valence electrons. The quantitative estimate of drug-likeness (QED) is 0.654. The minimum absolute atomic E-state index is 0.146. The Bertz CT molecular complexity index is 375. The van der Waals surface area contributed by atoms with E-state index >= 15 is 0 Å². The molecule has 1 aromatic rings. The number of aromatic nitrogens is 2. The predicted octanol–water partition coefficient (Wildman–Crippen LogP) is 2.67. The van der Waals surface area contributed by atoms with E-state index in [4.69, 9.17) is 9.47 Å². The Labute approximate surface area is 127 Å². The molecule has 1 aromatic heterocycles. The summed E-state index contributed by atoms with van der Waals surface area (Å²) in [6, 6.07) is 1.92. The van der Waals surface area contributed by atoms with Crippen LogP contribution in [-0.4, -0.2) is 42.4 Å². The van der Waals surface area contributed by atoms with Gasteiger partial charge < -0.3 is 20.1 Å². The Hall–Kier alpha value is -1.40. The van der Waals surface area contributed by atoms with Gasteiger partial charge in [-0.1, -0.05) is 6.92 Å². The van der Waals surface area contributed by atoms with E-state index < -0.39 is 0 Å². The number of ether oxygens (including phenoxy) is 2. The summed E-state index contributed by atoms with van der Waals surface area (Å²) >= 11 is 0. The summed E-state index contributed by atoms with van der Waals surface area (Å²) in [7, 11) is 0. The molecule has 0 aliphatic carbocycles. The fourth-order valence-electron chi connectivity index (χ4n) is 1.78. The van der Waals surface area contributed by atoms with Gasteiger partial charge in [0.25, 0.3) is 0 Å². The average molecular weight is 296 g/mol. The van der Waals surface area contributed by atoms with E-state index in [0.29, 0.717) is 32.2 Å².